The number of hydrogen-bond acceptors (Lipinski definition) is 4. The van der Waals surface area contributed by atoms with Crippen molar-refractivity contribution in [1.29, 1.82) is 5.26 Å². The normalized spacial score (nSPS) is 19.7. The number of anilines is 1. The van der Waals surface area contributed by atoms with E-state index in [1.807, 2.05) is 18.2 Å². The summed E-state index contributed by atoms with van der Waals surface area (Å²) in [6.45, 7) is 2.53. The lowest BCUT2D eigenvalue weighted by atomic mass is 9.86. The van der Waals surface area contributed by atoms with Gasteiger partial charge >= 0.3 is 0 Å². The Hall–Kier alpha value is -2.42. The Morgan fingerprint density at radius 3 is 2.70 bits per heavy atom. The van der Waals surface area contributed by atoms with Crippen LogP contribution in [-0.2, 0) is 4.79 Å². The maximum Gasteiger partial charge on any atom is 0.229 e. The van der Waals surface area contributed by atoms with Crippen molar-refractivity contribution in [3.05, 3.63) is 75.3 Å². The molecule has 0 N–H and O–H groups in total. The van der Waals surface area contributed by atoms with Crippen LogP contribution in [0.5, 0.6) is 0 Å². The Kier molecular flexibility index (Phi) is 4.86. The highest BCUT2D eigenvalue weighted by Crippen LogP contribution is 2.43. The number of amides is 1. The maximum absolute atomic E-state index is 12.9. The molecule has 0 unspecified atom stereocenters. The molecule has 0 aliphatic carbocycles. The molecule has 0 aromatic heterocycles. The number of thioether (sulfide) groups is 1. The molecule has 1 saturated heterocycles. The standard InChI is InChI=1S/C21H18ClN3OS/c1-14-3-2-4-17(9-14)24-12-25-20(26)10-18(15-5-7-16(22)8-6-15)19(11-23)21(25)27-13-24/h2-9,18H,10,12-13H2,1H3/t18-/m0/s1. The molecule has 2 heterocycles. The highest BCUT2D eigenvalue weighted by Gasteiger charge is 2.38. The molecule has 0 saturated carbocycles. The molecule has 4 rings (SSSR count). The molecule has 1 atom stereocenters. The Balaban J connectivity index is 1.66. The van der Waals surface area contributed by atoms with E-state index in [1.54, 1.807) is 28.8 Å². The Bertz CT molecular complexity index is 964. The molecule has 1 amide bonds. The van der Waals surface area contributed by atoms with E-state index in [0.717, 1.165) is 16.3 Å². The van der Waals surface area contributed by atoms with Gasteiger partial charge in [-0.1, -0.05) is 47.6 Å². The minimum absolute atomic E-state index is 0.0498. The second kappa shape index (κ2) is 7.30. The molecular formula is C21H18ClN3OS. The van der Waals surface area contributed by atoms with Crippen LogP contribution in [0.2, 0.25) is 5.02 Å². The van der Waals surface area contributed by atoms with Crippen LogP contribution in [0.1, 0.15) is 23.5 Å². The monoisotopic (exact) mass is 395 g/mol. The van der Waals surface area contributed by atoms with Gasteiger partial charge in [-0.2, -0.15) is 5.26 Å². The first-order chi connectivity index (χ1) is 13.1. The summed E-state index contributed by atoms with van der Waals surface area (Å²) >= 11 is 7.54. The molecule has 27 heavy (non-hydrogen) atoms. The summed E-state index contributed by atoms with van der Waals surface area (Å²) in [5, 5.41) is 11.3. The van der Waals surface area contributed by atoms with Crippen molar-refractivity contribution < 1.29 is 4.79 Å². The van der Waals surface area contributed by atoms with Crippen molar-refractivity contribution in [2.45, 2.75) is 19.3 Å². The maximum atomic E-state index is 12.9. The average molecular weight is 396 g/mol. The number of nitriles is 1. The van der Waals surface area contributed by atoms with Gasteiger partial charge in [0.2, 0.25) is 5.91 Å². The van der Waals surface area contributed by atoms with E-state index in [-0.39, 0.29) is 11.8 Å². The van der Waals surface area contributed by atoms with E-state index in [1.165, 1.54) is 5.56 Å². The van der Waals surface area contributed by atoms with E-state index in [4.69, 9.17) is 11.6 Å². The van der Waals surface area contributed by atoms with Crippen molar-refractivity contribution in [2.24, 2.45) is 0 Å². The number of rotatable bonds is 2. The summed E-state index contributed by atoms with van der Waals surface area (Å²) in [6.07, 6.45) is 0.302. The smallest absolute Gasteiger partial charge is 0.229 e. The molecule has 2 aromatic rings. The molecule has 4 nitrogen and oxygen atoms in total. The van der Waals surface area contributed by atoms with Crippen molar-refractivity contribution in [1.82, 2.24) is 4.90 Å². The molecule has 136 valence electrons. The van der Waals surface area contributed by atoms with Gasteiger partial charge in [0.25, 0.3) is 0 Å². The van der Waals surface area contributed by atoms with Gasteiger partial charge in [-0.25, -0.2) is 0 Å². The third kappa shape index (κ3) is 3.43. The summed E-state index contributed by atoms with van der Waals surface area (Å²) in [5.41, 5.74) is 3.90. The summed E-state index contributed by atoms with van der Waals surface area (Å²) in [5.74, 6) is 0.555. The fraction of sp³-hybridized carbons (Fsp3) is 0.238. The number of carbonyl (C=O) groups excluding carboxylic acids is 1. The molecule has 2 aliphatic heterocycles. The van der Waals surface area contributed by atoms with Gasteiger partial charge < -0.3 is 4.90 Å². The minimum atomic E-state index is -0.205. The molecule has 6 heteroatoms. The second-order valence-corrected chi connectivity index (χ2v) is 8.12. The second-order valence-electron chi connectivity index (χ2n) is 6.75. The zero-order chi connectivity index (χ0) is 19.0. The molecule has 2 aliphatic rings. The Labute approximate surface area is 168 Å². The number of carbonyl (C=O) groups is 1. The number of allylic oxidation sites excluding steroid dienone is 1. The zero-order valence-corrected chi connectivity index (χ0v) is 16.4. The van der Waals surface area contributed by atoms with Gasteiger partial charge in [0.1, 0.15) is 0 Å². The van der Waals surface area contributed by atoms with Gasteiger partial charge in [0, 0.05) is 23.0 Å². The van der Waals surface area contributed by atoms with Gasteiger partial charge in [-0.05, 0) is 42.3 Å². The van der Waals surface area contributed by atoms with Gasteiger partial charge in [-0.15, -0.1) is 0 Å². The first-order valence-electron chi connectivity index (χ1n) is 8.71. The average Bonchev–Trinajstić information content (AvgIpc) is 2.68. The summed E-state index contributed by atoms with van der Waals surface area (Å²) in [4.78, 5) is 16.8. The van der Waals surface area contributed by atoms with Gasteiger partial charge in [0.05, 0.1) is 29.2 Å². The van der Waals surface area contributed by atoms with Crippen molar-refractivity contribution >= 4 is 35.0 Å². The number of nitrogens with zero attached hydrogens (tertiary/aromatic N) is 3. The van der Waals surface area contributed by atoms with Crippen LogP contribution in [0.15, 0.2) is 59.1 Å². The van der Waals surface area contributed by atoms with E-state index < -0.39 is 0 Å². The van der Waals surface area contributed by atoms with E-state index >= 15 is 0 Å². The lowest BCUT2D eigenvalue weighted by molar-refractivity contribution is -0.129. The van der Waals surface area contributed by atoms with Gasteiger partial charge in [0.15, 0.2) is 0 Å². The van der Waals surface area contributed by atoms with E-state index in [2.05, 4.69) is 36.1 Å². The van der Waals surface area contributed by atoms with Crippen molar-refractivity contribution in [3.63, 3.8) is 0 Å². The summed E-state index contributed by atoms with van der Waals surface area (Å²) < 4.78 is 0. The molecular weight excluding hydrogens is 378 g/mol. The number of benzene rings is 2. The number of aryl methyl sites for hydroxylation is 1. The molecule has 2 aromatic carbocycles. The zero-order valence-electron chi connectivity index (χ0n) is 14.9. The first-order valence-corrected chi connectivity index (χ1v) is 10.1. The van der Waals surface area contributed by atoms with Crippen molar-refractivity contribution in [3.8, 4) is 6.07 Å². The van der Waals surface area contributed by atoms with Crippen LogP contribution in [0.25, 0.3) is 0 Å². The number of halogens is 1. The first kappa shape index (κ1) is 18.0. The van der Waals surface area contributed by atoms with Gasteiger partial charge in [-0.3, -0.25) is 9.69 Å². The Morgan fingerprint density at radius 1 is 1.22 bits per heavy atom. The van der Waals surface area contributed by atoms with Crippen LogP contribution >= 0.6 is 23.4 Å². The Morgan fingerprint density at radius 2 is 2.00 bits per heavy atom. The summed E-state index contributed by atoms with van der Waals surface area (Å²) in [6, 6.07) is 18.0. The molecule has 1 fully saturated rings. The highest BCUT2D eigenvalue weighted by atomic mass is 35.5. The molecule has 0 radical (unpaired) electrons. The fourth-order valence-corrected chi connectivity index (χ4v) is 4.82. The molecule has 0 spiro atoms. The van der Waals surface area contributed by atoms with Crippen LogP contribution in [0, 0.1) is 18.3 Å². The number of fused-ring (bicyclic) bond motifs is 1. The van der Waals surface area contributed by atoms with Crippen LogP contribution in [-0.4, -0.2) is 23.4 Å². The topological polar surface area (TPSA) is 47.3 Å². The lowest BCUT2D eigenvalue weighted by Crippen LogP contribution is -2.47. The third-order valence-corrected chi connectivity index (χ3v) is 6.34. The highest BCUT2D eigenvalue weighted by molar-refractivity contribution is 8.03. The molecule has 0 bridgehead atoms. The van der Waals surface area contributed by atoms with E-state index in [9.17, 15) is 10.1 Å². The minimum Gasteiger partial charge on any atom is -0.344 e. The quantitative estimate of drug-likeness (QED) is 0.727. The van der Waals surface area contributed by atoms with E-state index in [0.29, 0.717) is 29.6 Å². The van der Waals surface area contributed by atoms with Crippen molar-refractivity contribution in [2.75, 3.05) is 17.4 Å². The predicted molar refractivity (Wildman–Crippen MR) is 109 cm³/mol. The SMILES string of the molecule is Cc1cccc(N2CSC3=C(C#N)[C@H](c4ccc(Cl)cc4)CC(=O)N3C2)c1. The number of hydrogen-bond donors (Lipinski definition) is 0. The van der Waals surface area contributed by atoms with Crippen LogP contribution in [0.4, 0.5) is 5.69 Å². The summed E-state index contributed by atoms with van der Waals surface area (Å²) in [7, 11) is 0. The lowest BCUT2D eigenvalue weighted by Gasteiger charge is -2.42. The van der Waals surface area contributed by atoms with Crippen LogP contribution < -0.4 is 4.90 Å². The largest absolute Gasteiger partial charge is 0.344 e. The third-order valence-electron chi connectivity index (χ3n) is 4.93. The fourth-order valence-electron chi connectivity index (χ4n) is 3.53. The van der Waals surface area contributed by atoms with Crippen LogP contribution in [0.3, 0.4) is 0 Å². The predicted octanol–water partition coefficient (Wildman–Crippen LogP) is 4.87.